The number of carbonyl (C=O) groups excluding carboxylic acids is 2. The van der Waals surface area contributed by atoms with Gasteiger partial charge in [0, 0.05) is 19.5 Å². The van der Waals surface area contributed by atoms with Crippen molar-refractivity contribution < 1.29 is 23.8 Å². The minimum Gasteiger partial charge on any atom is -0.497 e. The lowest BCUT2D eigenvalue weighted by Gasteiger charge is -2.31. The zero-order valence-corrected chi connectivity index (χ0v) is 21.8. The van der Waals surface area contributed by atoms with Crippen LogP contribution in [-0.4, -0.2) is 49.6 Å². The van der Waals surface area contributed by atoms with Crippen molar-refractivity contribution in [1.82, 2.24) is 10.2 Å². The molecule has 1 N–H and O–H groups in total. The molecule has 0 aliphatic heterocycles. The Morgan fingerprint density at radius 2 is 1.69 bits per heavy atom. The van der Waals surface area contributed by atoms with E-state index in [0.29, 0.717) is 50.6 Å². The molecule has 2 rings (SSSR count). The molecule has 35 heavy (non-hydrogen) atoms. The Kier molecular flexibility index (Phi) is 11.9. The summed E-state index contributed by atoms with van der Waals surface area (Å²) >= 11 is 0. The van der Waals surface area contributed by atoms with Gasteiger partial charge in [-0.15, -0.1) is 0 Å². The van der Waals surface area contributed by atoms with Crippen LogP contribution in [0.2, 0.25) is 0 Å². The summed E-state index contributed by atoms with van der Waals surface area (Å²) in [5.41, 5.74) is 1.90. The minimum atomic E-state index is -0.542. The summed E-state index contributed by atoms with van der Waals surface area (Å²) in [6, 6.07) is 12.8. The van der Waals surface area contributed by atoms with E-state index in [1.54, 1.807) is 12.0 Å². The fraction of sp³-hybridized carbons (Fsp3) is 0.500. The van der Waals surface area contributed by atoms with E-state index >= 15 is 0 Å². The molecule has 0 fully saturated rings. The van der Waals surface area contributed by atoms with Gasteiger partial charge in [0.15, 0.2) is 11.5 Å². The smallest absolute Gasteiger partial charge is 0.242 e. The molecule has 0 saturated heterocycles. The molecule has 0 heterocycles. The standard InChI is InChI=1S/C28H40N2O5/c1-6-17-29-28(32)24(7-2)30(20-22-11-10-12-23(18-22)33-5)27(31)16-14-21-13-15-25(34-8-3)26(19-21)35-9-4/h10-13,15,18-19,24H,6-9,14,16-17,20H2,1-5H3,(H,29,32)/t24-/m1/s1. The van der Waals surface area contributed by atoms with Crippen LogP contribution in [0.3, 0.4) is 0 Å². The summed E-state index contributed by atoms with van der Waals surface area (Å²) in [7, 11) is 1.61. The average molecular weight is 485 g/mol. The number of nitrogens with zero attached hydrogens (tertiary/aromatic N) is 1. The Balaban J connectivity index is 2.23. The lowest BCUT2D eigenvalue weighted by Crippen LogP contribution is -2.49. The molecule has 0 spiro atoms. The van der Waals surface area contributed by atoms with Crippen LogP contribution >= 0.6 is 0 Å². The Hall–Kier alpha value is -3.22. The molecular weight excluding hydrogens is 444 g/mol. The summed E-state index contributed by atoms with van der Waals surface area (Å²) in [5.74, 6) is 1.90. The number of rotatable bonds is 15. The van der Waals surface area contributed by atoms with Gasteiger partial charge in [-0.1, -0.05) is 32.0 Å². The largest absolute Gasteiger partial charge is 0.497 e. The van der Waals surface area contributed by atoms with Gasteiger partial charge >= 0.3 is 0 Å². The molecule has 0 aliphatic rings. The highest BCUT2D eigenvalue weighted by molar-refractivity contribution is 5.87. The maximum absolute atomic E-state index is 13.5. The molecular formula is C28H40N2O5. The monoisotopic (exact) mass is 484 g/mol. The highest BCUT2D eigenvalue weighted by Crippen LogP contribution is 2.29. The molecule has 0 radical (unpaired) electrons. The predicted octanol–water partition coefficient (Wildman–Crippen LogP) is 4.76. The summed E-state index contributed by atoms with van der Waals surface area (Å²) in [5, 5.41) is 2.95. The van der Waals surface area contributed by atoms with E-state index in [2.05, 4.69) is 5.32 Å². The zero-order chi connectivity index (χ0) is 25.6. The fourth-order valence-electron chi connectivity index (χ4n) is 3.90. The Labute approximate surface area is 209 Å². The molecule has 0 saturated carbocycles. The molecule has 2 aromatic carbocycles. The molecule has 1 atom stereocenters. The summed E-state index contributed by atoms with van der Waals surface area (Å²) in [4.78, 5) is 28.1. The molecule has 0 unspecified atom stereocenters. The quantitative estimate of drug-likeness (QED) is 0.394. The van der Waals surface area contributed by atoms with Crippen LogP contribution in [-0.2, 0) is 22.6 Å². The van der Waals surface area contributed by atoms with E-state index in [-0.39, 0.29) is 18.2 Å². The third-order valence-electron chi connectivity index (χ3n) is 5.66. The Morgan fingerprint density at radius 3 is 2.34 bits per heavy atom. The Morgan fingerprint density at radius 1 is 0.943 bits per heavy atom. The van der Waals surface area contributed by atoms with Crippen LogP contribution in [0.15, 0.2) is 42.5 Å². The van der Waals surface area contributed by atoms with Gasteiger partial charge < -0.3 is 24.4 Å². The topological polar surface area (TPSA) is 77.1 Å². The first-order valence-electron chi connectivity index (χ1n) is 12.6. The van der Waals surface area contributed by atoms with E-state index in [1.165, 1.54) is 0 Å². The van der Waals surface area contributed by atoms with Crippen LogP contribution in [0.25, 0.3) is 0 Å². The molecule has 0 aliphatic carbocycles. The minimum absolute atomic E-state index is 0.0711. The van der Waals surface area contributed by atoms with Crippen molar-refractivity contribution in [3.05, 3.63) is 53.6 Å². The van der Waals surface area contributed by atoms with Gasteiger partial charge in [-0.05, 0) is 68.5 Å². The number of aryl methyl sites for hydroxylation is 1. The van der Waals surface area contributed by atoms with Gasteiger partial charge in [0.25, 0.3) is 0 Å². The number of ether oxygens (including phenoxy) is 3. The highest BCUT2D eigenvalue weighted by atomic mass is 16.5. The van der Waals surface area contributed by atoms with E-state index in [9.17, 15) is 9.59 Å². The molecule has 0 aromatic heterocycles. The van der Waals surface area contributed by atoms with Crippen molar-refractivity contribution in [2.24, 2.45) is 0 Å². The first kappa shape index (κ1) is 28.0. The van der Waals surface area contributed by atoms with Gasteiger partial charge in [0.1, 0.15) is 11.8 Å². The lowest BCUT2D eigenvalue weighted by molar-refractivity contribution is -0.141. The van der Waals surface area contributed by atoms with Gasteiger partial charge in [0.05, 0.1) is 20.3 Å². The molecule has 7 heteroatoms. The number of nitrogens with one attached hydrogen (secondary N) is 1. The first-order chi connectivity index (χ1) is 17.0. The number of amides is 2. The third-order valence-corrected chi connectivity index (χ3v) is 5.66. The van der Waals surface area contributed by atoms with Crippen molar-refractivity contribution in [2.75, 3.05) is 26.9 Å². The van der Waals surface area contributed by atoms with Crippen molar-refractivity contribution >= 4 is 11.8 Å². The normalized spacial score (nSPS) is 11.5. The van der Waals surface area contributed by atoms with Gasteiger partial charge in [-0.2, -0.15) is 0 Å². The Bertz CT molecular complexity index is 947. The van der Waals surface area contributed by atoms with Crippen molar-refractivity contribution in [1.29, 1.82) is 0 Å². The van der Waals surface area contributed by atoms with E-state index < -0.39 is 6.04 Å². The highest BCUT2D eigenvalue weighted by Gasteiger charge is 2.28. The summed E-state index contributed by atoms with van der Waals surface area (Å²) < 4.78 is 16.7. The second-order valence-electron chi connectivity index (χ2n) is 8.24. The van der Waals surface area contributed by atoms with Crippen molar-refractivity contribution in [3.8, 4) is 17.2 Å². The second kappa shape index (κ2) is 14.9. The second-order valence-corrected chi connectivity index (χ2v) is 8.24. The van der Waals surface area contributed by atoms with E-state index in [4.69, 9.17) is 14.2 Å². The van der Waals surface area contributed by atoms with E-state index in [1.807, 2.05) is 70.2 Å². The molecule has 7 nitrogen and oxygen atoms in total. The molecule has 0 bridgehead atoms. The van der Waals surface area contributed by atoms with Crippen LogP contribution in [0.1, 0.15) is 58.1 Å². The van der Waals surface area contributed by atoms with Crippen LogP contribution in [0.5, 0.6) is 17.2 Å². The molecule has 192 valence electrons. The lowest BCUT2D eigenvalue weighted by atomic mass is 10.1. The van der Waals surface area contributed by atoms with Gasteiger partial charge in [0.2, 0.25) is 11.8 Å². The van der Waals surface area contributed by atoms with Crippen LogP contribution in [0.4, 0.5) is 0 Å². The zero-order valence-electron chi connectivity index (χ0n) is 21.8. The van der Waals surface area contributed by atoms with E-state index in [0.717, 1.165) is 23.3 Å². The molecule has 2 amide bonds. The van der Waals surface area contributed by atoms with Crippen molar-refractivity contribution in [2.45, 2.75) is 66.0 Å². The number of hydrogen-bond donors (Lipinski definition) is 1. The number of hydrogen-bond acceptors (Lipinski definition) is 5. The summed E-state index contributed by atoms with van der Waals surface area (Å²) in [6.45, 7) is 9.80. The molecule has 2 aromatic rings. The van der Waals surface area contributed by atoms with Crippen LogP contribution < -0.4 is 19.5 Å². The SMILES string of the molecule is CCCNC(=O)[C@@H](CC)N(Cc1cccc(OC)c1)C(=O)CCc1ccc(OCC)c(OCC)c1. The van der Waals surface area contributed by atoms with Gasteiger partial charge in [-0.3, -0.25) is 9.59 Å². The number of carbonyl (C=O) groups is 2. The number of methoxy groups -OCH3 is 1. The van der Waals surface area contributed by atoms with Crippen LogP contribution in [0, 0.1) is 0 Å². The summed E-state index contributed by atoms with van der Waals surface area (Å²) in [6.07, 6.45) is 2.18. The average Bonchev–Trinajstić information content (AvgIpc) is 2.87. The maximum Gasteiger partial charge on any atom is 0.242 e. The number of benzene rings is 2. The predicted molar refractivity (Wildman–Crippen MR) is 138 cm³/mol. The van der Waals surface area contributed by atoms with Gasteiger partial charge in [-0.25, -0.2) is 0 Å². The third kappa shape index (κ3) is 8.50. The van der Waals surface area contributed by atoms with Crippen molar-refractivity contribution in [3.63, 3.8) is 0 Å². The fourth-order valence-corrected chi connectivity index (χ4v) is 3.90. The first-order valence-corrected chi connectivity index (χ1v) is 12.6. The maximum atomic E-state index is 13.5.